The highest BCUT2D eigenvalue weighted by Crippen LogP contribution is 2.21. The van der Waals surface area contributed by atoms with E-state index in [1.807, 2.05) is 6.07 Å². The molecule has 6 heteroatoms. The molecule has 0 fully saturated rings. The van der Waals surface area contributed by atoms with E-state index in [2.05, 4.69) is 4.72 Å². The van der Waals surface area contributed by atoms with Gasteiger partial charge in [0.05, 0.1) is 0 Å². The van der Waals surface area contributed by atoms with Crippen LogP contribution in [0.3, 0.4) is 0 Å². The van der Waals surface area contributed by atoms with E-state index in [4.69, 9.17) is 11.6 Å². The van der Waals surface area contributed by atoms with E-state index in [1.165, 1.54) is 11.3 Å². The standard InChI is InChI=1S/C12H12ClNO2S2/c1-9(10-4-2-5-11(13)8-10)14-18(15,16)12-6-3-7-17-12/h2-9,14H,1H3/t9-/m0/s1. The van der Waals surface area contributed by atoms with Gasteiger partial charge in [-0.3, -0.25) is 0 Å². The summed E-state index contributed by atoms with van der Waals surface area (Å²) in [7, 11) is -3.45. The molecule has 1 aromatic carbocycles. The van der Waals surface area contributed by atoms with Gasteiger partial charge in [-0.1, -0.05) is 29.8 Å². The van der Waals surface area contributed by atoms with E-state index in [0.29, 0.717) is 9.23 Å². The molecule has 0 bridgehead atoms. The highest BCUT2D eigenvalue weighted by Gasteiger charge is 2.19. The second-order valence-electron chi connectivity index (χ2n) is 3.83. The van der Waals surface area contributed by atoms with Crippen LogP contribution in [0.25, 0.3) is 0 Å². The quantitative estimate of drug-likeness (QED) is 0.940. The lowest BCUT2D eigenvalue weighted by atomic mass is 10.1. The van der Waals surface area contributed by atoms with Gasteiger partial charge in [0.2, 0.25) is 0 Å². The Balaban J connectivity index is 2.20. The van der Waals surface area contributed by atoms with E-state index in [9.17, 15) is 8.42 Å². The van der Waals surface area contributed by atoms with E-state index in [1.54, 1.807) is 42.6 Å². The van der Waals surface area contributed by atoms with Crippen LogP contribution in [-0.4, -0.2) is 8.42 Å². The van der Waals surface area contributed by atoms with Gasteiger partial charge in [-0.05, 0) is 36.1 Å². The Bertz CT molecular complexity index is 623. The number of halogens is 1. The summed E-state index contributed by atoms with van der Waals surface area (Å²) in [6, 6.07) is 10.1. The third-order valence-corrected chi connectivity index (χ3v) is 5.61. The van der Waals surface area contributed by atoms with Gasteiger partial charge >= 0.3 is 0 Å². The van der Waals surface area contributed by atoms with Gasteiger partial charge in [-0.25, -0.2) is 13.1 Å². The summed E-state index contributed by atoms with van der Waals surface area (Å²) in [5, 5.41) is 2.33. The molecular weight excluding hydrogens is 290 g/mol. The van der Waals surface area contributed by atoms with Gasteiger partial charge < -0.3 is 0 Å². The summed E-state index contributed by atoms with van der Waals surface area (Å²) < 4.78 is 27.0. The summed E-state index contributed by atoms with van der Waals surface area (Å²) in [6.07, 6.45) is 0. The number of hydrogen-bond acceptors (Lipinski definition) is 3. The Hall–Kier alpha value is -0.880. The molecule has 3 nitrogen and oxygen atoms in total. The number of hydrogen-bond donors (Lipinski definition) is 1. The van der Waals surface area contributed by atoms with Gasteiger partial charge in [0.1, 0.15) is 4.21 Å². The van der Waals surface area contributed by atoms with E-state index in [-0.39, 0.29) is 6.04 Å². The zero-order valence-corrected chi connectivity index (χ0v) is 12.0. The third kappa shape index (κ3) is 3.11. The molecule has 2 aromatic rings. The third-order valence-electron chi connectivity index (χ3n) is 2.44. The van der Waals surface area contributed by atoms with Gasteiger partial charge in [-0.2, -0.15) is 0 Å². The first-order valence-electron chi connectivity index (χ1n) is 5.30. The fourth-order valence-corrected chi connectivity index (χ4v) is 3.99. The van der Waals surface area contributed by atoms with Gasteiger partial charge in [-0.15, -0.1) is 11.3 Å². The summed E-state index contributed by atoms with van der Waals surface area (Å²) >= 11 is 7.08. The molecule has 1 heterocycles. The van der Waals surface area contributed by atoms with Crippen molar-refractivity contribution in [1.29, 1.82) is 0 Å². The SMILES string of the molecule is C[C@H](NS(=O)(=O)c1cccs1)c1cccc(Cl)c1. The molecule has 18 heavy (non-hydrogen) atoms. The molecule has 0 saturated heterocycles. The molecule has 0 aliphatic heterocycles. The summed E-state index contributed by atoms with van der Waals surface area (Å²) in [6.45, 7) is 1.79. The Morgan fingerprint density at radius 1 is 1.28 bits per heavy atom. The molecular formula is C12H12ClNO2S2. The summed E-state index contributed by atoms with van der Waals surface area (Å²) in [5.74, 6) is 0. The number of thiophene rings is 1. The smallest absolute Gasteiger partial charge is 0.206 e. The molecule has 0 aliphatic carbocycles. The van der Waals surface area contributed by atoms with Crippen molar-refractivity contribution in [3.05, 3.63) is 52.4 Å². The maximum absolute atomic E-state index is 12.0. The highest BCUT2D eigenvalue weighted by molar-refractivity contribution is 7.91. The van der Waals surface area contributed by atoms with Crippen molar-refractivity contribution < 1.29 is 8.42 Å². The predicted molar refractivity (Wildman–Crippen MR) is 74.5 cm³/mol. The van der Waals surface area contributed by atoms with Crippen molar-refractivity contribution in [3.8, 4) is 0 Å². The minimum absolute atomic E-state index is 0.316. The lowest BCUT2D eigenvalue weighted by Crippen LogP contribution is -2.26. The van der Waals surface area contributed by atoms with Crippen LogP contribution >= 0.6 is 22.9 Å². The first-order chi connectivity index (χ1) is 8.49. The minimum atomic E-state index is -3.45. The van der Waals surface area contributed by atoms with Crippen molar-refractivity contribution in [1.82, 2.24) is 4.72 Å². The van der Waals surface area contributed by atoms with Gasteiger partial charge in [0.25, 0.3) is 10.0 Å². The van der Waals surface area contributed by atoms with E-state index in [0.717, 1.165) is 5.56 Å². The molecule has 0 amide bonds. The Kier molecular flexibility index (Phi) is 4.07. The Morgan fingerprint density at radius 3 is 2.67 bits per heavy atom. The van der Waals surface area contributed by atoms with Crippen molar-refractivity contribution >= 4 is 33.0 Å². The summed E-state index contributed by atoms with van der Waals surface area (Å²) in [5.41, 5.74) is 0.836. The molecule has 96 valence electrons. The first kappa shape index (κ1) is 13.5. The molecule has 1 N–H and O–H groups in total. The van der Waals surface area contributed by atoms with Crippen molar-refractivity contribution in [2.45, 2.75) is 17.2 Å². The van der Waals surface area contributed by atoms with Crippen LogP contribution in [0.4, 0.5) is 0 Å². The van der Waals surface area contributed by atoms with Crippen LogP contribution in [0.15, 0.2) is 46.0 Å². The molecule has 1 atom stereocenters. The second-order valence-corrected chi connectivity index (χ2v) is 7.16. The molecule has 0 saturated carbocycles. The average molecular weight is 302 g/mol. The molecule has 2 rings (SSSR count). The second kappa shape index (κ2) is 5.40. The topological polar surface area (TPSA) is 46.2 Å². The first-order valence-corrected chi connectivity index (χ1v) is 8.04. The van der Waals surface area contributed by atoms with E-state index >= 15 is 0 Å². The highest BCUT2D eigenvalue weighted by atomic mass is 35.5. The minimum Gasteiger partial charge on any atom is -0.206 e. The van der Waals surface area contributed by atoms with E-state index < -0.39 is 10.0 Å². The lowest BCUT2D eigenvalue weighted by molar-refractivity contribution is 0.569. The summed E-state index contributed by atoms with van der Waals surface area (Å²) in [4.78, 5) is 0. The monoisotopic (exact) mass is 301 g/mol. The Morgan fingerprint density at radius 2 is 2.06 bits per heavy atom. The maximum atomic E-state index is 12.0. The fraction of sp³-hybridized carbons (Fsp3) is 0.167. The van der Waals surface area contributed by atoms with Gasteiger partial charge in [0.15, 0.2) is 0 Å². The van der Waals surface area contributed by atoms with Crippen LogP contribution < -0.4 is 4.72 Å². The van der Waals surface area contributed by atoms with Crippen LogP contribution in [0.2, 0.25) is 5.02 Å². The number of benzene rings is 1. The molecule has 0 radical (unpaired) electrons. The average Bonchev–Trinajstić information content (AvgIpc) is 2.82. The molecule has 0 aliphatic rings. The number of rotatable bonds is 4. The van der Waals surface area contributed by atoms with Crippen molar-refractivity contribution in [2.75, 3.05) is 0 Å². The number of nitrogens with one attached hydrogen (secondary N) is 1. The van der Waals surface area contributed by atoms with Crippen LogP contribution in [0.1, 0.15) is 18.5 Å². The normalized spacial score (nSPS) is 13.4. The number of sulfonamides is 1. The molecule has 1 aromatic heterocycles. The fourth-order valence-electron chi connectivity index (χ4n) is 1.55. The van der Waals surface area contributed by atoms with Crippen molar-refractivity contribution in [3.63, 3.8) is 0 Å². The van der Waals surface area contributed by atoms with Crippen LogP contribution in [-0.2, 0) is 10.0 Å². The predicted octanol–water partition coefficient (Wildman–Crippen LogP) is 3.44. The Labute approximate surface area is 115 Å². The van der Waals surface area contributed by atoms with Crippen LogP contribution in [0.5, 0.6) is 0 Å². The van der Waals surface area contributed by atoms with Crippen LogP contribution in [0, 0.1) is 0 Å². The molecule has 0 unspecified atom stereocenters. The lowest BCUT2D eigenvalue weighted by Gasteiger charge is -2.14. The maximum Gasteiger partial charge on any atom is 0.250 e. The zero-order chi connectivity index (χ0) is 13.2. The largest absolute Gasteiger partial charge is 0.250 e. The zero-order valence-electron chi connectivity index (χ0n) is 9.63. The van der Waals surface area contributed by atoms with Gasteiger partial charge in [0, 0.05) is 11.1 Å². The molecule has 0 spiro atoms. The van der Waals surface area contributed by atoms with Crippen molar-refractivity contribution in [2.24, 2.45) is 0 Å².